The summed E-state index contributed by atoms with van der Waals surface area (Å²) < 4.78 is 14.6. The molecule has 10 heteroatoms. The van der Waals surface area contributed by atoms with Crippen molar-refractivity contribution in [2.75, 3.05) is 33.2 Å². The number of amides is 3. The molecule has 5 rings (SSSR count). The van der Waals surface area contributed by atoms with Gasteiger partial charge in [-0.25, -0.2) is 4.39 Å². The van der Waals surface area contributed by atoms with E-state index in [9.17, 15) is 18.8 Å². The Labute approximate surface area is 220 Å². The lowest BCUT2D eigenvalue weighted by Crippen LogP contribution is -2.62. The summed E-state index contributed by atoms with van der Waals surface area (Å²) >= 11 is 0. The smallest absolute Gasteiger partial charge is 0.274 e. The second-order valence-electron chi connectivity index (χ2n) is 10.1. The van der Waals surface area contributed by atoms with Crippen LogP contribution in [0.3, 0.4) is 0 Å². The van der Waals surface area contributed by atoms with E-state index in [0.717, 1.165) is 25.2 Å². The predicted octanol–water partition coefficient (Wildman–Crippen LogP) is 2.14. The molecule has 0 radical (unpaired) electrons. The van der Waals surface area contributed by atoms with Crippen molar-refractivity contribution in [1.82, 2.24) is 29.8 Å². The summed E-state index contributed by atoms with van der Waals surface area (Å²) in [7, 11) is 1.57. The zero-order chi connectivity index (χ0) is 26.9. The van der Waals surface area contributed by atoms with Crippen LogP contribution >= 0.6 is 0 Å². The number of carbonyl (C=O) groups is 3. The minimum atomic E-state index is -1.21. The lowest BCUT2D eigenvalue weighted by atomic mass is 9.96. The van der Waals surface area contributed by atoms with E-state index in [2.05, 4.69) is 27.4 Å². The van der Waals surface area contributed by atoms with Crippen LogP contribution in [0.25, 0.3) is 0 Å². The molecule has 38 heavy (non-hydrogen) atoms. The van der Waals surface area contributed by atoms with Crippen molar-refractivity contribution in [2.45, 2.75) is 32.1 Å². The minimum absolute atomic E-state index is 0.109. The molecule has 1 unspecified atom stereocenters. The van der Waals surface area contributed by atoms with Gasteiger partial charge in [-0.3, -0.25) is 24.0 Å². The van der Waals surface area contributed by atoms with Crippen LogP contribution in [0.15, 0.2) is 60.7 Å². The Hall–Kier alpha value is -4.05. The van der Waals surface area contributed by atoms with E-state index in [4.69, 9.17) is 0 Å². The van der Waals surface area contributed by atoms with Gasteiger partial charge in [-0.2, -0.15) is 5.10 Å². The Balaban J connectivity index is 1.23. The highest BCUT2D eigenvalue weighted by molar-refractivity contribution is 6.01. The number of hydrogen-bond acceptors (Lipinski definition) is 5. The molecule has 1 atom stereocenters. The van der Waals surface area contributed by atoms with Crippen LogP contribution in [0.2, 0.25) is 0 Å². The molecule has 1 saturated heterocycles. The molecule has 0 spiro atoms. The molecule has 0 aliphatic carbocycles. The zero-order valence-corrected chi connectivity index (χ0v) is 21.6. The Kier molecular flexibility index (Phi) is 6.98. The van der Waals surface area contributed by atoms with Gasteiger partial charge < -0.3 is 15.1 Å². The molecule has 0 bridgehead atoms. The van der Waals surface area contributed by atoms with E-state index >= 15 is 0 Å². The topological polar surface area (TPSA) is 90.8 Å². The molecule has 2 aliphatic heterocycles. The maximum Gasteiger partial charge on any atom is 0.274 e. The number of nitrogens with one attached hydrogen (secondary N) is 1. The standard InChI is InChI=1S/C28H31FN6O3/c1-28(27(38)30-17-20-8-10-22(29)11-9-20)19-35-24(26(37)32(28)2)16-23(31-35)25(36)34-14-12-33(13-15-34)18-21-6-4-3-5-7-21/h3-11,16H,12-15,17-19H2,1-2H3,(H,30,38). The summed E-state index contributed by atoms with van der Waals surface area (Å²) in [4.78, 5) is 45.1. The fourth-order valence-corrected chi connectivity index (χ4v) is 4.92. The summed E-state index contributed by atoms with van der Waals surface area (Å²) in [5.74, 6) is -1.31. The predicted molar refractivity (Wildman–Crippen MR) is 139 cm³/mol. The van der Waals surface area contributed by atoms with Gasteiger partial charge in [0.2, 0.25) is 5.91 Å². The third-order valence-electron chi connectivity index (χ3n) is 7.48. The summed E-state index contributed by atoms with van der Waals surface area (Å²) in [6, 6.07) is 17.6. The Morgan fingerprint density at radius 1 is 1.00 bits per heavy atom. The molecule has 1 aromatic heterocycles. The number of aromatic nitrogens is 2. The largest absolute Gasteiger partial charge is 0.350 e. The van der Waals surface area contributed by atoms with Crippen molar-refractivity contribution in [1.29, 1.82) is 0 Å². The number of halogens is 1. The van der Waals surface area contributed by atoms with Crippen LogP contribution in [0.5, 0.6) is 0 Å². The van der Waals surface area contributed by atoms with Crippen LogP contribution in [0.4, 0.5) is 4.39 Å². The van der Waals surface area contributed by atoms with Gasteiger partial charge in [0.25, 0.3) is 11.8 Å². The molecular formula is C28H31FN6O3. The summed E-state index contributed by atoms with van der Waals surface area (Å²) in [5.41, 5.74) is 1.25. The first-order chi connectivity index (χ1) is 18.2. The number of nitrogens with zero attached hydrogens (tertiary/aromatic N) is 5. The minimum Gasteiger partial charge on any atom is -0.350 e. The van der Waals surface area contributed by atoms with Crippen LogP contribution < -0.4 is 5.32 Å². The fraction of sp³-hybridized carbons (Fsp3) is 0.357. The van der Waals surface area contributed by atoms with E-state index < -0.39 is 5.54 Å². The first-order valence-corrected chi connectivity index (χ1v) is 12.7. The molecule has 2 aromatic carbocycles. The highest BCUT2D eigenvalue weighted by Crippen LogP contribution is 2.26. The van der Waals surface area contributed by atoms with Crippen LogP contribution in [0, 0.1) is 5.82 Å². The number of fused-ring (bicyclic) bond motifs is 1. The van der Waals surface area contributed by atoms with Crippen molar-refractivity contribution >= 4 is 17.7 Å². The molecule has 1 N–H and O–H groups in total. The van der Waals surface area contributed by atoms with Crippen LogP contribution in [0.1, 0.15) is 39.0 Å². The van der Waals surface area contributed by atoms with Crippen molar-refractivity contribution < 1.29 is 18.8 Å². The second-order valence-corrected chi connectivity index (χ2v) is 10.1. The molecular weight excluding hydrogens is 487 g/mol. The number of likely N-dealkylation sites (N-methyl/N-ethyl adjacent to an activating group) is 1. The number of carbonyl (C=O) groups excluding carboxylic acids is 3. The highest BCUT2D eigenvalue weighted by Gasteiger charge is 2.46. The number of benzene rings is 2. The van der Waals surface area contributed by atoms with Gasteiger partial charge in [-0.1, -0.05) is 42.5 Å². The molecule has 2 aliphatic rings. The lowest BCUT2D eigenvalue weighted by molar-refractivity contribution is -0.132. The average Bonchev–Trinajstić information content (AvgIpc) is 3.35. The average molecular weight is 519 g/mol. The van der Waals surface area contributed by atoms with Crippen molar-refractivity contribution in [2.24, 2.45) is 0 Å². The van der Waals surface area contributed by atoms with E-state index in [1.807, 2.05) is 18.2 Å². The van der Waals surface area contributed by atoms with Crippen molar-refractivity contribution in [3.63, 3.8) is 0 Å². The van der Waals surface area contributed by atoms with E-state index in [-0.39, 0.29) is 48.0 Å². The third kappa shape index (κ3) is 5.04. The van der Waals surface area contributed by atoms with Gasteiger partial charge in [0, 0.05) is 52.4 Å². The SMILES string of the molecule is CN1C(=O)c2cc(C(=O)N3CCN(Cc4ccccc4)CC3)nn2CC1(C)C(=O)NCc1ccc(F)cc1. The number of hydrogen-bond donors (Lipinski definition) is 1. The fourth-order valence-electron chi connectivity index (χ4n) is 4.92. The zero-order valence-electron chi connectivity index (χ0n) is 21.6. The van der Waals surface area contributed by atoms with E-state index in [0.29, 0.717) is 13.1 Å². The highest BCUT2D eigenvalue weighted by atomic mass is 19.1. The second kappa shape index (κ2) is 10.4. The molecule has 3 amide bonds. The molecule has 3 heterocycles. The quantitative estimate of drug-likeness (QED) is 0.540. The normalized spacial score (nSPS) is 19.8. The Morgan fingerprint density at radius 2 is 1.68 bits per heavy atom. The molecule has 1 fully saturated rings. The maximum absolute atomic E-state index is 13.2. The third-order valence-corrected chi connectivity index (χ3v) is 7.48. The van der Waals surface area contributed by atoms with Gasteiger partial charge in [-0.05, 0) is 30.2 Å². The summed E-state index contributed by atoms with van der Waals surface area (Å²) in [5, 5.41) is 7.28. The number of piperazine rings is 1. The first kappa shape index (κ1) is 25.6. The van der Waals surface area contributed by atoms with Crippen LogP contribution in [-0.2, 0) is 24.4 Å². The molecule has 198 valence electrons. The lowest BCUT2D eigenvalue weighted by Gasteiger charge is -2.40. The number of rotatable bonds is 6. The first-order valence-electron chi connectivity index (χ1n) is 12.7. The van der Waals surface area contributed by atoms with Gasteiger partial charge in [0.15, 0.2) is 5.69 Å². The van der Waals surface area contributed by atoms with E-state index in [1.165, 1.54) is 33.3 Å². The summed E-state index contributed by atoms with van der Waals surface area (Å²) in [6.07, 6.45) is 0. The molecule has 9 nitrogen and oxygen atoms in total. The van der Waals surface area contributed by atoms with Crippen molar-refractivity contribution in [3.05, 3.63) is 89.0 Å². The maximum atomic E-state index is 13.2. The van der Waals surface area contributed by atoms with Gasteiger partial charge in [0.1, 0.15) is 17.1 Å². The molecule has 0 saturated carbocycles. The van der Waals surface area contributed by atoms with Crippen LogP contribution in [-0.4, -0.2) is 81.0 Å². The van der Waals surface area contributed by atoms with Gasteiger partial charge in [-0.15, -0.1) is 0 Å². The van der Waals surface area contributed by atoms with Gasteiger partial charge in [0.05, 0.1) is 6.54 Å². The Morgan fingerprint density at radius 3 is 2.37 bits per heavy atom. The van der Waals surface area contributed by atoms with E-state index in [1.54, 1.807) is 31.0 Å². The monoisotopic (exact) mass is 518 g/mol. The Bertz CT molecular complexity index is 1330. The molecule has 3 aromatic rings. The summed E-state index contributed by atoms with van der Waals surface area (Å²) in [6.45, 7) is 5.47. The van der Waals surface area contributed by atoms with Crippen molar-refractivity contribution in [3.8, 4) is 0 Å². The van der Waals surface area contributed by atoms with Gasteiger partial charge >= 0.3 is 0 Å².